The summed E-state index contributed by atoms with van der Waals surface area (Å²) in [6.07, 6.45) is 2.36. The van der Waals surface area contributed by atoms with E-state index in [9.17, 15) is 14.4 Å². The number of imide groups is 1. The van der Waals surface area contributed by atoms with E-state index in [-0.39, 0.29) is 29.6 Å². The van der Waals surface area contributed by atoms with Crippen LogP contribution in [-0.4, -0.2) is 47.8 Å². The summed E-state index contributed by atoms with van der Waals surface area (Å²) < 4.78 is 5.20. The van der Waals surface area contributed by atoms with Crippen LogP contribution in [0.3, 0.4) is 0 Å². The van der Waals surface area contributed by atoms with Crippen LogP contribution in [0.5, 0.6) is 5.75 Å². The number of ether oxygens (including phenoxy) is 1. The summed E-state index contributed by atoms with van der Waals surface area (Å²) >= 11 is 1.59. The lowest BCUT2D eigenvalue weighted by Gasteiger charge is -2.45. The molecule has 1 N–H and O–H groups in total. The van der Waals surface area contributed by atoms with Crippen molar-refractivity contribution in [2.45, 2.75) is 24.3 Å². The van der Waals surface area contributed by atoms with Crippen LogP contribution in [0.25, 0.3) is 0 Å². The molecule has 2 bridgehead atoms. The van der Waals surface area contributed by atoms with E-state index >= 15 is 0 Å². The number of likely N-dealkylation sites (tertiary alicyclic amines) is 1. The van der Waals surface area contributed by atoms with Crippen molar-refractivity contribution in [1.82, 2.24) is 4.90 Å². The van der Waals surface area contributed by atoms with Crippen molar-refractivity contribution < 1.29 is 19.1 Å². The van der Waals surface area contributed by atoms with Gasteiger partial charge in [0.05, 0.1) is 18.9 Å². The number of rotatable bonds is 7. The summed E-state index contributed by atoms with van der Waals surface area (Å²) in [7, 11) is 1.58. The fourth-order valence-corrected chi connectivity index (χ4v) is 6.97. The van der Waals surface area contributed by atoms with E-state index in [2.05, 4.69) is 29.6 Å². The standard InChI is InChI=1S/C30H28N2O4S/c1-36-18-13-11-17(12-14-18)31-28(33)23(15-16-37-2)32-29(34)26-24-19-7-3-4-8-20(19)25(27(26)30(32)35)22-10-6-5-9-21(22)24/h3-14,23-27H,15-16H2,1-2H3,(H,31,33)/t23-,24?,25?,26+,27+/m1/s1. The second-order valence-electron chi connectivity index (χ2n) is 9.83. The Morgan fingerprint density at radius 2 is 1.35 bits per heavy atom. The molecule has 0 aromatic heterocycles. The van der Waals surface area contributed by atoms with Gasteiger partial charge >= 0.3 is 0 Å². The number of benzene rings is 3. The topological polar surface area (TPSA) is 75.7 Å². The number of hydrogen-bond donors (Lipinski definition) is 1. The van der Waals surface area contributed by atoms with Gasteiger partial charge < -0.3 is 10.1 Å². The van der Waals surface area contributed by atoms with Crippen molar-refractivity contribution >= 4 is 35.2 Å². The van der Waals surface area contributed by atoms with Crippen molar-refractivity contribution in [3.63, 3.8) is 0 Å². The van der Waals surface area contributed by atoms with Gasteiger partial charge in [0.2, 0.25) is 17.7 Å². The van der Waals surface area contributed by atoms with Gasteiger partial charge in [0, 0.05) is 17.5 Å². The number of carbonyl (C=O) groups excluding carboxylic acids is 3. The third-order valence-electron chi connectivity index (χ3n) is 8.05. The molecule has 3 aromatic rings. The summed E-state index contributed by atoms with van der Waals surface area (Å²) in [5.74, 6) is -0.831. The van der Waals surface area contributed by atoms with Crippen molar-refractivity contribution in [3.8, 4) is 5.75 Å². The average molecular weight is 513 g/mol. The van der Waals surface area contributed by atoms with Crippen LogP contribution >= 0.6 is 11.8 Å². The molecular weight excluding hydrogens is 484 g/mol. The first-order valence-electron chi connectivity index (χ1n) is 12.5. The van der Waals surface area contributed by atoms with Gasteiger partial charge in [0.25, 0.3) is 0 Å². The van der Waals surface area contributed by atoms with Crippen LogP contribution in [-0.2, 0) is 14.4 Å². The summed E-state index contributed by atoms with van der Waals surface area (Å²) in [6, 6.07) is 22.5. The maximum absolute atomic E-state index is 14.1. The van der Waals surface area contributed by atoms with Crippen LogP contribution < -0.4 is 10.1 Å². The Morgan fingerprint density at radius 3 is 1.78 bits per heavy atom. The smallest absolute Gasteiger partial charge is 0.247 e. The van der Waals surface area contributed by atoms with Crippen molar-refractivity contribution in [2.24, 2.45) is 11.8 Å². The second kappa shape index (κ2) is 9.38. The molecular formula is C30H28N2O4S. The molecule has 1 heterocycles. The van der Waals surface area contributed by atoms with Gasteiger partial charge in [-0.1, -0.05) is 48.5 Å². The third-order valence-corrected chi connectivity index (χ3v) is 8.69. The first-order valence-corrected chi connectivity index (χ1v) is 13.9. The summed E-state index contributed by atoms with van der Waals surface area (Å²) in [4.78, 5) is 43.1. The van der Waals surface area contributed by atoms with Gasteiger partial charge in [-0.3, -0.25) is 19.3 Å². The van der Waals surface area contributed by atoms with Crippen LogP contribution in [0.4, 0.5) is 5.69 Å². The highest BCUT2D eigenvalue weighted by atomic mass is 32.2. The number of carbonyl (C=O) groups is 3. The molecule has 6 nitrogen and oxygen atoms in total. The van der Waals surface area contributed by atoms with Gasteiger partial charge in [0.15, 0.2) is 0 Å². The van der Waals surface area contributed by atoms with Gasteiger partial charge in [-0.25, -0.2) is 0 Å². The minimum Gasteiger partial charge on any atom is -0.497 e. The first-order chi connectivity index (χ1) is 18.0. The highest BCUT2D eigenvalue weighted by Crippen LogP contribution is 2.61. The molecule has 3 amide bonds. The Balaban J connectivity index is 1.37. The molecule has 7 heteroatoms. The molecule has 3 aromatic carbocycles. The molecule has 0 unspecified atom stereocenters. The molecule has 188 valence electrons. The van der Waals surface area contributed by atoms with Crippen molar-refractivity contribution in [3.05, 3.63) is 95.1 Å². The summed E-state index contributed by atoms with van der Waals surface area (Å²) in [6.45, 7) is 0. The number of amides is 3. The van der Waals surface area contributed by atoms with E-state index in [1.165, 1.54) is 4.90 Å². The first kappa shape index (κ1) is 23.8. The molecule has 0 radical (unpaired) electrons. The summed E-state index contributed by atoms with van der Waals surface area (Å²) in [5.41, 5.74) is 5.09. The predicted molar refractivity (Wildman–Crippen MR) is 144 cm³/mol. The SMILES string of the molecule is COc1ccc(NC(=O)[C@@H](CCSC)N2C(=O)[C@H]3C4c5ccccc5C(c5ccccc54)[C@@H]3C2=O)cc1. The largest absolute Gasteiger partial charge is 0.497 e. The Bertz CT molecular complexity index is 1270. The van der Waals surface area contributed by atoms with Crippen LogP contribution in [0.2, 0.25) is 0 Å². The maximum Gasteiger partial charge on any atom is 0.247 e. The minimum absolute atomic E-state index is 0.185. The van der Waals surface area contributed by atoms with Gasteiger partial charge in [-0.15, -0.1) is 0 Å². The lowest BCUT2D eigenvalue weighted by atomic mass is 9.55. The number of hydrogen-bond acceptors (Lipinski definition) is 5. The normalized spacial score (nSPS) is 23.8. The maximum atomic E-state index is 14.1. The predicted octanol–water partition coefficient (Wildman–Crippen LogP) is 4.65. The summed E-state index contributed by atoms with van der Waals surface area (Å²) in [5, 5.41) is 2.92. The highest BCUT2D eigenvalue weighted by Gasteiger charge is 2.62. The Hall–Kier alpha value is -3.58. The number of methoxy groups -OCH3 is 1. The fourth-order valence-electron chi connectivity index (χ4n) is 6.51. The van der Waals surface area contributed by atoms with Crippen LogP contribution in [0.15, 0.2) is 72.8 Å². The average Bonchev–Trinajstić information content (AvgIpc) is 3.19. The van der Waals surface area contributed by atoms with E-state index < -0.39 is 17.9 Å². The van der Waals surface area contributed by atoms with E-state index in [0.29, 0.717) is 23.6 Å². The molecule has 4 aliphatic rings. The van der Waals surface area contributed by atoms with E-state index in [1.54, 1.807) is 43.1 Å². The molecule has 1 fully saturated rings. The van der Waals surface area contributed by atoms with Crippen molar-refractivity contribution in [1.29, 1.82) is 0 Å². The van der Waals surface area contributed by atoms with Gasteiger partial charge in [-0.05, 0) is 64.9 Å². The number of thioether (sulfide) groups is 1. The molecule has 0 saturated carbocycles. The Labute approximate surface area is 220 Å². The zero-order valence-electron chi connectivity index (χ0n) is 20.7. The molecule has 1 aliphatic heterocycles. The van der Waals surface area contributed by atoms with Gasteiger partial charge in [-0.2, -0.15) is 11.8 Å². The quantitative estimate of drug-likeness (QED) is 0.467. The van der Waals surface area contributed by atoms with E-state index in [0.717, 1.165) is 22.3 Å². The number of nitrogens with one attached hydrogen (secondary N) is 1. The zero-order chi connectivity index (χ0) is 25.7. The van der Waals surface area contributed by atoms with Crippen LogP contribution in [0.1, 0.15) is 40.5 Å². The lowest BCUT2D eigenvalue weighted by Crippen LogP contribution is -2.48. The number of anilines is 1. The van der Waals surface area contributed by atoms with Gasteiger partial charge in [0.1, 0.15) is 11.8 Å². The molecule has 37 heavy (non-hydrogen) atoms. The van der Waals surface area contributed by atoms with Crippen molar-refractivity contribution in [2.75, 3.05) is 24.4 Å². The lowest BCUT2D eigenvalue weighted by molar-refractivity contribution is -0.146. The zero-order valence-corrected chi connectivity index (χ0v) is 21.5. The molecule has 1 saturated heterocycles. The van der Waals surface area contributed by atoms with E-state index in [4.69, 9.17) is 4.74 Å². The molecule has 7 rings (SSSR count). The monoisotopic (exact) mass is 512 g/mol. The Morgan fingerprint density at radius 1 is 0.865 bits per heavy atom. The highest BCUT2D eigenvalue weighted by molar-refractivity contribution is 7.98. The second-order valence-corrected chi connectivity index (χ2v) is 10.8. The number of nitrogens with zero attached hydrogens (tertiary/aromatic N) is 1. The molecule has 3 aliphatic carbocycles. The van der Waals surface area contributed by atoms with E-state index in [1.807, 2.05) is 30.5 Å². The third kappa shape index (κ3) is 3.67. The molecule has 0 spiro atoms. The molecule has 3 atom stereocenters. The van der Waals surface area contributed by atoms with Crippen LogP contribution in [0, 0.1) is 11.8 Å². The fraction of sp³-hybridized carbons (Fsp3) is 0.300. The minimum atomic E-state index is -0.870. The Kier molecular flexibility index (Phi) is 6.03.